The van der Waals surface area contributed by atoms with Gasteiger partial charge in [0.05, 0.1) is 4.90 Å². The summed E-state index contributed by atoms with van der Waals surface area (Å²) in [4.78, 5) is 0.825. The van der Waals surface area contributed by atoms with Gasteiger partial charge < -0.3 is 10.2 Å². The smallest absolute Gasteiger partial charge is 0.421 e. The monoisotopic (exact) mass is 393 g/mol. The van der Waals surface area contributed by atoms with Crippen LogP contribution in [0.2, 0.25) is 0 Å². The number of hydrogen-bond acceptors (Lipinski definition) is 4. The summed E-state index contributed by atoms with van der Waals surface area (Å²) in [7, 11) is -5.96. The van der Waals surface area contributed by atoms with Gasteiger partial charge >= 0.3 is 10.1 Å². The van der Waals surface area contributed by atoms with Crippen LogP contribution in [0.4, 0.5) is 0 Å². The van der Waals surface area contributed by atoms with Gasteiger partial charge in [-0.25, -0.2) is 0 Å². The number of rotatable bonds is 4. The third-order valence-corrected chi connectivity index (χ3v) is 8.65. The standard InChI is InChI=1S/C19H20O5S2/c1-13-4-7-15(8-5-13)26(22,23)24-25(2,3)19-11-10-18(21)16-9-6-14(20)12-17(16)19/h4-12,20-21H,1-3H3/p+1. The molecule has 3 N–H and O–H groups in total. The van der Waals surface area contributed by atoms with E-state index in [-0.39, 0.29) is 16.4 Å². The van der Waals surface area contributed by atoms with Crippen LogP contribution >= 0.6 is 10.3 Å². The lowest BCUT2D eigenvalue weighted by Crippen LogP contribution is -2.16. The van der Waals surface area contributed by atoms with Gasteiger partial charge in [0.25, 0.3) is 0 Å². The number of phenolic OH excluding ortho intramolecular Hbond substituents is 2. The molecule has 3 rings (SSSR count). The van der Waals surface area contributed by atoms with E-state index in [1.54, 1.807) is 48.9 Å². The average Bonchev–Trinajstić information content (AvgIpc) is 2.54. The highest BCUT2D eigenvalue weighted by atomic mass is 32.3. The molecule has 138 valence electrons. The van der Waals surface area contributed by atoms with Crippen molar-refractivity contribution in [2.75, 3.05) is 12.5 Å². The molecule has 0 saturated heterocycles. The van der Waals surface area contributed by atoms with Crippen LogP contribution < -0.4 is 0 Å². The fourth-order valence-electron chi connectivity index (χ4n) is 2.77. The van der Waals surface area contributed by atoms with Gasteiger partial charge in [-0.05, 0) is 49.4 Å². The van der Waals surface area contributed by atoms with E-state index >= 15 is 0 Å². The molecule has 0 aliphatic carbocycles. The predicted molar refractivity (Wildman–Crippen MR) is 106 cm³/mol. The third kappa shape index (κ3) is 3.51. The molecule has 7 heteroatoms. The summed E-state index contributed by atoms with van der Waals surface area (Å²) in [5.74, 6) is 0.112. The first kappa shape index (κ1) is 18.6. The van der Waals surface area contributed by atoms with E-state index in [0.717, 1.165) is 5.56 Å². The molecule has 0 bridgehead atoms. The largest absolute Gasteiger partial charge is 0.508 e. The lowest BCUT2D eigenvalue weighted by atomic mass is 10.1. The average molecular weight is 394 g/mol. The first-order chi connectivity index (χ1) is 12.1. The topological polar surface area (TPSA) is 87.4 Å². The summed E-state index contributed by atoms with van der Waals surface area (Å²) in [6, 6.07) is 14.4. The van der Waals surface area contributed by atoms with E-state index in [1.165, 1.54) is 18.2 Å². The summed E-state index contributed by atoms with van der Waals surface area (Å²) >= 11 is 0. The molecule has 3 aromatic carbocycles. The molecule has 0 heterocycles. The van der Waals surface area contributed by atoms with E-state index in [0.29, 0.717) is 15.7 Å². The summed E-state index contributed by atoms with van der Waals surface area (Å²) in [6.45, 7) is 1.89. The first-order valence-corrected chi connectivity index (χ1v) is 11.7. The Morgan fingerprint density at radius 2 is 1.50 bits per heavy atom. The highest BCUT2D eigenvalue weighted by Crippen LogP contribution is 2.54. The van der Waals surface area contributed by atoms with E-state index < -0.39 is 20.4 Å². The molecule has 0 fully saturated rings. The normalized spacial score (nSPS) is 13.0. The van der Waals surface area contributed by atoms with Crippen molar-refractivity contribution in [3.63, 3.8) is 0 Å². The Hall–Kier alpha value is -2.22. The Labute approximate surface area is 154 Å². The molecule has 0 atom stereocenters. The highest BCUT2D eigenvalue weighted by molar-refractivity contribution is 8.31. The van der Waals surface area contributed by atoms with Crippen LogP contribution in [0.15, 0.2) is 64.4 Å². The van der Waals surface area contributed by atoms with E-state index in [2.05, 4.69) is 3.63 Å². The number of fused-ring (bicyclic) bond motifs is 1. The minimum Gasteiger partial charge on any atom is -0.508 e. The zero-order valence-electron chi connectivity index (χ0n) is 14.7. The van der Waals surface area contributed by atoms with Gasteiger partial charge in [-0.3, -0.25) is 3.63 Å². The Balaban J connectivity index is 2.08. The fraction of sp³-hybridized carbons (Fsp3) is 0.158. The molecule has 0 aliphatic rings. The molecule has 0 saturated carbocycles. The summed E-state index contributed by atoms with van der Waals surface area (Å²) < 4.78 is 29.7. The van der Waals surface area contributed by atoms with Crippen molar-refractivity contribution in [3.8, 4) is 11.5 Å². The molecule has 5 nitrogen and oxygen atoms in total. The van der Waals surface area contributed by atoms with E-state index in [1.807, 2.05) is 6.92 Å². The lowest BCUT2D eigenvalue weighted by molar-refractivity contribution is 0.393. The Bertz CT molecular complexity index is 1070. The second-order valence-corrected chi connectivity index (χ2v) is 11.5. The maximum absolute atomic E-state index is 12.8. The Morgan fingerprint density at radius 3 is 2.15 bits per heavy atom. The zero-order valence-corrected chi connectivity index (χ0v) is 16.3. The number of benzene rings is 3. The minimum absolute atomic E-state index is 0.0425. The van der Waals surface area contributed by atoms with Gasteiger partial charge in [0.1, 0.15) is 16.4 Å². The highest BCUT2D eigenvalue weighted by Gasteiger charge is 2.33. The summed E-state index contributed by atoms with van der Waals surface area (Å²) in [5, 5.41) is 21.0. The van der Waals surface area contributed by atoms with Crippen molar-refractivity contribution in [1.29, 1.82) is 0 Å². The van der Waals surface area contributed by atoms with Crippen LogP contribution in [0.3, 0.4) is 0 Å². The van der Waals surface area contributed by atoms with Crippen molar-refractivity contribution in [3.05, 3.63) is 60.2 Å². The Kier molecular flexibility index (Phi) is 4.64. The number of phenols is 2. The first-order valence-electron chi connectivity index (χ1n) is 7.84. The van der Waals surface area contributed by atoms with Crippen LogP contribution in [0.1, 0.15) is 5.56 Å². The quantitative estimate of drug-likeness (QED) is 0.509. The SMILES string of the molecule is Cc1ccc(S(=O)(=O)[OH+]S(C)(C)c2ccc(O)c3ccc(O)cc23)cc1. The molecule has 0 aliphatic heterocycles. The molecule has 0 unspecified atom stereocenters. The van der Waals surface area contributed by atoms with Crippen LogP contribution in [-0.2, 0) is 10.1 Å². The zero-order chi connectivity index (χ0) is 19.1. The van der Waals surface area contributed by atoms with Crippen molar-refractivity contribution >= 4 is 31.2 Å². The minimum atomic E-state index is -3.83. The second kappa shape index (κ2) is 6.50. The van der Waals surface area contributed by atoms with Crippen molar-refractivity contribution in [2.45, 2.75) is 16.7 Å². The van der Waals surface area contributed by atoms with Crippen LogP contribution in [0, 0.1) is 6.92 Å². The van der Waals surface area contributed by atoms with Crippen LogP contribution in [0.25, 0.3) is 10.8 Å². The van der Waals surface area contributed by atoms with E-state index in [4.69, 9.17) is 0 Å². The molecule has 3 aromatic rings. The van der Waals surface area contributed by atoms with Gasteiger partial charge in [0, 0.05) is 33.6 Å². The second-order valence-electron chi connectivity index (χ2n) is 6.45. The van der Waals surface area contributed by atoms with E-state index in [9.17, 15) is 18.6 Å². The summed E-state index contributed by atoms with van der Waals surface area (Å²) in [5.41, 5.74) is 0.968. The molecule has 0 aromatic heterocycles. The van der Waals surface area contributed by atoms with Gasteiger partial charge in [-0.1, -0.05) is 17.7 Å². The van der Waals surface area contributed by atoms with Crippen LogP contribution in [0.5, 0.6) is 11.5 Å². The summed E-state index contributed by atoms with van der Waals surface area (Å²) in [6.07, 6.45) is 3.54. The molecule has 0 radical (unpaired) electrons. The fourth-order valence-corrected chi connectivity index (χ4v) is 6.98. The maximum Gasteiger partial charge on any atom is 0.421 e. The van der Waals surface area contributed by atoms with Gasteiger partial charge in [-0.2, -0.15) is 0 Å². The molecular formula is C19H21O5S2+. The van der Waals surface area contributed by atoms with Crippen molar-refractivity contribution in [1.82, 2.24) is 0 Å². The maximum atomic E-state index is 12.8. The number of aryl methyl sites for hydroxylation is 1. The van der Waals surface area contributed by atoms with Crippen molar-refractivity contribution < 1.29 is 22.3 Å². The van der Waals surface area contributed by atoms with Gasteiger partial charge in [0.2, 0.25) is 0 Å². The van der Waals surface area contributed by atoms with Crippen LogP contribution in [-0.4, -0.2) is 34.8 Å². The number of aromatic hydroxyl groups is 2. The lowest BCUT2D eigenvalue weighted by Gasteiger charge is -2.27. The molecule has 0 spiro atoms. The van der Waals surface area contributed by atoms with Crippen molar-refractivity contribution in [2.24, 2.45) is 0 Å². The van der Waals surface area contributed by atoms with Gasteiger partial charge in [0.15, 0.2) is 0 Å². The third-order valence-electron chi connectivity index (χ3n) is 4.08. The molecule has 0 amide bonds. The Morgan fingerprint density at radius 1 is 0.846 bits per heavy atom. The number of hydrogen-bond donors (Lipinski definition) is 2. The van der Waals surface area contributed by atoms with Gasteiger partial charge in [-0.15, -0.1) is 8.42 Å². The molecular weight excluding hydrogens is 372 g/mol. The predicted octanol–water partition coefficient (Wildman–Crippen LogP) is 4.38. The molecule has 26 heavy (non-hydrogen) atoms.